The van der Waals surface area contributed by atoms with Crippen molar-refractivity contribution in [3.05, 3.63) is 11.7 Å². The molecule has 0 bridgehead atoms. The fourth-order valence-corrected chi connectivity index (χ4v) is 1.57. The standard InChI is InChI=1S/C8H15N3O3S/c1-5(2)7(9)8-10-6(11-14-8)4-15(3,12)13/h5,7H,4,9H2,1-3H3. The summed E-state index contributed by atoms with van der Waals surface area (Å²) in [6, 6.07) is -0.356. The minimum absolute atomic E-state index is 0.156. The van der Waals surface area contributed by atoms with Gasteiger partial charge in [-0.25, -0.2) is 8.42 Å². The molecule has 7 heteroatoms. The molecular formula is C8H15N3O3S. The molecule has 86 valence electrons. The third kappa shape index (κ3) is 3.60. The van der Waals surface area contributed by atoms with Crippen LogP contribution in [0, 0.1) is 5.92 Å². The molecule has 0 amide bonds. The molecule has 0 saturated carbocycles. The van der Waals surface area contributed by atoms with Crippen molar-refractivity contribution in [1.82, 2.24) is 10.1 Å². The van der Waals surface area contributed by atoms with Crippen LogP contribution in [0.4, 0.5) is 0 Å². The lowest BCUT2D eigenvalue weighted by Crippen LogP contribution is -2.17. The van der Waals surface area contributed by atoms with Gasteiger partial charge in [-0.15, -0.1) is 0 Å². The smallest absolute Gasteiger partial charge is 0.243 e. The van der Waals surface area contributed by atoms with E-state index in [1.807, 2.05) is 13.8 Å². The molecule has 15 heavy (non-hydrogen) atoms. The van der Waals surface area contributed by atoms with E-state index in [1.54, 1.807) is 0 Å². The van der Waals surface area contributed by atoms with Crippen molar-refractivity contribution >= 4 is 9.84 Å². The molecule has 1 atom stereocenters. The molecule has 0 saturated heterocycles. The molecule has 1 heterocycles. The van der Waals surface area contributed by atoms with Crippen LogP contribution in [-0.4, -0.2) is 24.8 Å². The van der Waals surface area contributed by atoms with Crippen LogP contribution in [-0.2, 0) is 15.6 Å². The third-order valence-electron chi connectivity index (χ3n) is 1.88. The van der Waals surface area contributed by atoms with Crippen molar-refractivity contribution in [2.45, 2.75) is 25.6 Å². The second-order valence-electron chi connectivity index (χ2n) is 3.89. The predicted molar refractivity (Wildman–Crippen MR) is 54.6 cm³/mol. The van der Waals surface area contributed by atoms with E-state index in [4.69, 9.17) is 10.3 Å². The topological polar surface area (TPSA) is 99.1 Å². The fraction of sp³-hybridized carbons (Fsp3) is 0.750. The highest BCUT2D eigenvalue weighted by Gasteiger charge is 2.19. The number of aromatic nitrogens is 2. The van der Waals surface area contributed by atoms with Gasteiger partial charge < -0.3 is 10.3 Å². The average Bonchev–Trinajstić information content (AvgIpc) is 2.48. The van der Waals surface area contributed by atoms with Crippen molar-refractivity contribution in [2.24, 2.45) is 11.7 Å². The van der Waals surface area contributed by atoms with Crippen LogP contribution in [0.2, 0.25) is 0 Å². The Kier molecular flexibility index (Phi) is 3.46. The number of nitrogens with zero attached hydrogens (tertiary/aromatic N) is 2. The molecule has 0 aliphatic carbocycles. The highest BCUT2D eigenvalue weighted by Crippen LogP contribution is 2.16. The van der Waals surface area contributed by atoms with Gasteiger partial charge in [-0.05, 0) is 5.92 Å². The van der Waals surface area contributed by atoms with E-state index < -0.39 is 9.84 Å². The van der Waals surface area contributed by atoms with Gasteiger partial charge in [-0.1, -0.05) is 19.0 Å². The molecule has 0 aliphatic heterocycles. The van der Waals surface area contributed by atoms with Gasteiger partial charge in [0.15, 0.2) is 15.7 Å². The van der Waals surface area contributed by atoms with Crippen LogP contribution < -0.4 is 5.73 Å². The van der Waals surface area contributed by atoms with E-state index in [-0.39, 0.29) is 29.4 Å². The molecule has 2 N–H and O–H groups in total. The van der Waals surface area contributed by atoms with Crippen LogP contribution in [0.25, 0.3) is 0 Å². The quantitative estimate of drug-likeness (QED) is 0.801. The van der Waals surface area contributed by atoms with Crippen LogP contribution in [0.15, 0.2) is 4.52 Å². The Morgan fingerprint density at radius 1 is 1.47 bits per heavy atom. The Morgan fingerprint density at radius 3 is 2.53 bits per heavy atom. The molecule has 1 unspecified atom stereocenters. The first-order chi connectivity index (χ1) is 6.79. The monoisotopic (exact) mass is 233 g/mol. The highest BCUT2D eigenvalue weighted by molar-refractivity contribution is 7.89. The molecule has 1 rings (SSSR count). The van der Waals surface area contributed by atoms with Gasteiger partial charge >= 0.3 is 0 Å². The Hall–Kier alpha value is -0.950. The molecule has 0 aromatic carbocycles. The Morgan fingerprint density at radius 2 is 2.07 bits per heavy atom. The number of hydrogen-bond acceptors (Lipinski definition) is 6. The summed E-state index contributed by atoms with van der Waals surface area (Å²) in [6.07, 6.45) is 1.12. The van der Waals surface area contributed by atoms with Crippen LogP contribution in [0.3, 0.4) is 0 Å². The molecule has 1 aromatic heterocycles. The lowest BCUT2D eigenvalue weighted by molar-refractivity contribution is 0.323. The van der Waals surface area contributed by atoms with E-state index in [0.717, 1.165) is 6.26 Å². The number of rotatable bonds is 4. The summed E-state index contributed by atoms with van der Waals surface area (Å²) < 4.78 is 26.8. The SMILES string of the molecule is CC(C)C(N)c1nc(CS(C)(=O)=O)no1. The molecular weight excluding hydrogens is 218 g/mol. The van der Waals surface area contributed by atoms with Crippen LogP contribution >= 0.6 is 0 Å². The van der Waals surface area contributed by atoms with E-state index in [0.29, 0.717) is 0 Å². The van der Waals surface area contributed by atoms with Gasteiger partial charge in [-0.2, -0.15) is 4.98 Å². The normalized spacial score (nSPS) is 14.5. The number of sulfone groups is 1. The molecule has 0 spiro atoms. The Labute approximate surface area is 88.8 Å². The largest absolute Gasteiger partial charge is 0.338 e. The zero-order valence-electron chi connectivity index (χ0n) is 8.97. The molecule has 0 aliphatic rings. The minimum Gasteiger partial charge on any atom is -0.338 e. The van der Waals surface area contributed by atoms with Crippen molar-refractivity contribution in [1.29, 1.82) is 0 Å². The van der Waals surface area contributed by atoms with E-state index in [2.05, 4.69) is 10.1 Å². The van der Waals surface area contributed by atoms with Crippen LogP contribution in [0.5, 0.6) is 0 Å². The molecule has 0 fully saturated rings. The summed E-state index contributed by atoms with van der Waals surface area (Å²) in [6.45, 7) is 3.84. The molecule has 1 aromatic rings. The maximum Gasteiger partial charge on any atom is 0.243 e. The van der Waals surface area contributed by atoms with Gasteiger partial charge in [0.25, 0.3) is 0 Å². The second-order valence-corrected chi connectivity index (χ2v) is 6.03. The van der Waals surface area contributed by atoms with Gasteiger partial charge in [0, 0.05) is 6.26 Å². The summed E-state index contributed by atoms with van der Waals surface area (Å²) in [5.74, 6) is 0.380. The summed E-state index contributed by atoms with van der Waals surface area (Å²) in [7, 11) is -3.14. The Bertz CT molecular complexity index is 424. The highest BCUT2D eigenvalue weighted by atomic mass is 32.2. The second kappa shape index (κ2) is 4.28. The summed E-state index contributed by atoms with van der Waals surface area (Å²) in [5, 5.41) is 3.56. The lowest BCUT2D eigenvalue weighted by Gasteiger charge is -2.09. The molecule has 6 nitrogen and oxygen atoms in total. The zero-order chi connectivity index (χ0) is 11.6. The maximum atomic E-state index is 11.0. The van der Waals surface area contributed by atoms with E-state index in [9.17, 15) is 8.42 Å². The summed E-state index contributed by atoms with van der Waals surface area (Å²) in [4.78, 5) is 3.93. The van der Waals surface area contributed by atoms with Crippen LogP contribution in [0.1, 0.15) is 31.6 Å². The van der Waals surface area contributed by atoms with E-state index in [1.165, 1.54) is 0 Å². The third-order valence-corrected chi connectivity index (χ3v) is 2.66. The number of hydrogen-bond donors (Lipinski definition) is 1. The van der Waals surface area contributed by atoms with Crippen molar-refractivity contribution < 1.29 is 12.9 Å². The van der Waals surface area contributed by atoms with Crippen molar-refractivity contribution in [3.8, 4) is 0 Å². The summed E-state index contributed by atoms with van der Waals surface area (Å²) >= 11 is 0. The first-order valence-corrected chi connectivity index (χ1v) is 6.61. The summed E-state index contributed by atoms with van der Waals surface area (Å²) in [5.41, 5.74) is 5.77. The average molecular weight is 233 g/mol. The first kappa shape index (κ1) is 12.1. The van der Waals surface area contributed by atoms with Crippen molar-refractivity contribution in [2.75, 3.05) is 6.26 Å². The minimum atomic E-state index is -3.14. The molecule has 0 radical (unpaired) electrons. The predicted octanol–water partition coefficient (Wildman–Crippen LogP) is 0.270. The van der Waals surface area contributed by atoms with Gasteiger partial charge in [0.1, 0.15) is 5.75 Å². The number of nitrogens with two attached hydrogens (primary N) is 1. The van der Waals surface area contributed by atoms with Crippen molar-refractivity contribution in [3.63, 3.8) is 0 Å². The van der Waals surface area contributed by atoms with Gasteiger partial charge in [-0.3, -0.25) is 0 Å². The van der Waals surface area contributed by atoms with Gasteiger partial charge in [0.05, 0.1) is 6.04 Å². The lowest BCUT2D eigenvalue weighted by atomic mass is 10.1. The van der Waals surface area contributed by atoms with E-state index >= 15 is 0 Å². The van der Waals surface area contributed by atoms with Gasteiger partial charge in [0.2, 0.25) is 5.89 Å². The fourth-order valence-electron chi connectivity index (χ4n) is 0.981. The first-order valence-electron chi connectivity index (χ1n) is 4.55. The maximum absolute atomic E-state index is 11.0. The Balaban J connectivity index is 2.81. The zero-order valence-corrected chi connectivity index (χ0v) is 9.78.